The Labute approximate surface area is 245 Å². The van der Waals surface area contributed by atoms with Crippen LogP contribution in [0.1, 0.15) is 48.6 Å². The predicted octanol–water partition coefficient (Wildman–Crippen LogP) is 5.34. The van der Waals surface area contributed by atoms with Crippen LogP contribution in [0.3, 0.4) is 0 Å². The van der Waals surface area contributed by atoms with E-state index in [2.05, 4.69) is 33.2 Å². The average Bonchev–Trinajstić information content (AvgIpc) is 2.94. The third-order valence-corrected chi connectivity index (χ3v) is 7.74. The number of hydrogen-bond acceptors (Lipinski definition) is 8. The van der Waals surface area contributed by atoms with Crippen molar-refractivity contribution in [2.24, 2.45) is 0 Å². The first-order valence-electron chi connectivity index (χ1n) is 13.3. The highest BCUT2D eigenvalue weighted by Gasteiger charge is 2.25. The molecule has 2 heterocycles. The molecule has 0 fully saturated rings. The molecule has 0 spiro atoms. The Morgan fingerprint density at radius 3 is 2.50 bits per heavy atom. The van der Waals surface area contributed by atoms with Crippen molar-refractivity contribution < 1.29 is 17.9 Å². The summed E-state index contributed by atoms with van der Waals surface area (Å²) in [6.45, 7) is 6.60. The molecule has 1 aliphatic rings. The molecule has 3 aromatic carbocycles. The second-order valence-corrected chi connectivity index (χ2v) is 13.1. The summed E-state index contributed by atoms with van der Waals surface area (Å²) in [4.78, 5) is 23.4. The van der Waals surface area contributed by atoms with Crippen LogP contribution in [0, 0.1) is 23.2 Å². The van der Waals surface area contributed by atoms with Gasteiger partial charge in [-0.05, 0) is 86.8 Å². The van der Waals surface area contributed by atoms with Crippen LogP contribution in [0.15, 0.2) is 65.7 Å². The number of sulfone groups is 1. The van der Waals surface area contributed by atoms with Crippen molar-refractivity contribution in [3.8, 4) is 17.9 Å². The Balaban J connectivity index is 1.41. The standard InChI is InChI=1S/C32H29N5O4S/c1-32(2,3)41-31(38)37-16-15-22-17-21(5-7-25(22)20-37)6-14-28-23(18-33)8-9-24-19-34-30(36-29(24)28)35-26-10-12-27(13-11-26)42(4,39)40/h5,7-13,17,19H,15-16,20H2,1-4H3,(H,34,35,36). The first-order valence-corrected chi connectivity index (χ1v) is 15.2. The third kappa shape index (κ3) is 6.51. The second-order valence-electron chi connectivity index (χ2n) is 11.0. The lowest BCUT2D eigenvalue weighted by Gasteiger charge is -2.31. The maximum absolute atomic E-state index is 12.5. The van der Waals surface area contributed by atoms with Gasteiger partial charge in [0, 0.05) is 42.2 Å². The van der Waals surface area contributed by atoms with E-state index in [0.717, 1.165) is 28.3 Å². The predicted molar refractivity (Wildman–Crippen MR) is 160 cm³/mol. The second kappa shape index (κ2) is 11.2. The van der Waals surface area contributed by atoms with Crippen LogP contribution >= 0.6 is 0 Å². The number of ether oxygens (including phenoxy) is 1. The first-order chi connectivity index (χ1) is 19.9. The molecule has 4 aromatic rings. The van der Waals surface area contributed by atoms with Crippen molar-refractivity contribution in [1.29, 1.82) is 5.26 Å². The molecule has 0 saturated heterocycles. The maximum Gasteiger partial charge on any atom is 0.410 e. The number of amides is 1. The van der Waals surface area contributed by atoms with Crippen LogP contribution in [-0.4, -0.2) is 47.8 Å². The van der Waals surface area contributed by atoms with Crippen molar-refractivity contribution >= 4 is 38.5 Å². The highest BCUT2D eigenvalue weighted by Crippen LogP contribution is 2.25. The third-order valence-electron chi connectivity index (χ3n) is 6.61. The van der Waals surface area contributed by atoms with Crippen molar-refractivity contribution in [3.63, 3.8) is 0 Å². The van der Waals surface area contributed by atoms with E-state index in [9.17, 15) is 18.5 Å². The monoisotopic (exact) mass is 579 g/mol. The molecule has 212 valence electrons. The summed E-state index contributed by atoms with van der Waals surface area (Å²) in [6.07, 6.45) is 3.17. The molecule has 0 bridgehead atoms. The molecule has 42 heavy (non-hydrogen) atoms. The van der Waals surface area contributed by atoms with E-state index in [0.29, 0.717) is 41.8 Å². The molecule has 0 atom stereocenters. The zero-order valence-electron chi connectivity index (χ0n) is 23.7. The van der Waals surface area contributed by atoms with Crippen molar-refractivity contribution in [2.45, 2.75) is 44.2 Å². The van der Waals surface area contributed by atoms with Gasteiger partial charge in [0.2, 0.25) is 5.95 Å². The number of carbonyl (C=O) groups is 1. The molecule has 0 saturated carbocycles. The van der Waals surface area contributed by atoms with Gasteiger partial charge in [-0.3, -0.25) is 0 Å². The molecule has 5 rings (SSSR count). The SMILES string of the molecule is CC(C)(C)OC(=O)N1CCc2cc(C#Cc3c(C#N)ccc4cnc(Nc5ccc(S(C)(=O)=O)cc5)nc34)ccc2C1. The summed E-state index contributed by atoms with van der Waals surface area (Å²) in [5.41, 5.74) is 4.43. The van der Waals surface area contributed by atoms with E-state index in [-0.39, 0.29) is 16.9 Å². The van der Waals surface area contributed by atoms with E-state index in [1.165, 1.54) is 12.1 Å². The Morgan fingerprint density at radius 2 is 1.81 bits per heavy atom. The number of hydrogen-bond donors (Lipinski definition) is 1. The van der Waals surface area contributed by atoms with Gasteiger partial charge < -0.3 is 15.0 Å². The van der Waals surface area contributed by atoms with Gasteiger partial charge in [0.05, 0.1) is 21.5 Å². The van der Waals surface area contributed by atoms with Crippen LogP contribution in [0.4, 0.5) is 16.4 Å². The Hall–Kier alpha value is -4.93. The molecule has 0 radical (unpaired) electrons. The Bertz CT molecular complexity index is 1910. The smallest absolute Gasteiger partial charge is 0.410 e. The zero-order valence-corrected chi connectivity index (χ0v) is 24.5. The molecule has 1 aliphatic heterocycles. The number of fused-ring (bicyclic) bond motifs is 2. The number of anilines is 2. The van der Waals surface area contributed by atoms with Crippen LogP contribution < -0.4 is 5.32 Å². The van der Waals surface area contributed by atoms with Crippen molar-refractivity contribution in [3.05, 3.63) is 88.6 Å². The molecule has 10 heteroatoms. The lowest BCUT2D eigenvalue weighted by atomic mass is 9.97. The largest absolute Gasteiger partial charge is 0.444 e. The van der Waals surface area contributed by atoms with Crippen LogP contribution in [0.5, 0.6) is 0 Å². The molecule has 0 aliphatic carbocycles. The van der Waals surface area contributed by atoms with Crippen LogP contribution in [-0.2, 0) is 27.5 Å². The molecular weight excluding hydrogens is 550 g/mol. The van der Waals surface area contributed by atoms with E-state index in [4.69, 9.17) is 4.74 Å². The summed E-state index contributed by atoms with van der Waals surface area (Å²) in [6, 6.07) is 17.9. The molecule has 9 nitrogen and oxygen atoms in total. The number of benzene rings is 3. The molecule has 1 aromatic heterocycles. The van der Waals surface area contributed by atoms with Gasteiger partial charge in [0.15, 0.2) is 9.84 Å². The summed E-state index contributed by atoms with van der Waals surface area (Å²) in [5, 5.41) is 13.6. The fourth-order valence-electron chi connectivity index (χ4n) is 4.54. The fourth-order valence-corrected chi connectivity index (χ4v) is 5.17. The number of nitrogens with zero attached hydrogens (tertiary/aromatic N) is 4. The minimum absolute atomic E-state index is 0.214. The summed E-state index contributed by atoms with van der Waals surface area (Å²) in [5.74, 6) is 6.63. The number of nitriles is 1. The number of aromatic nitrogens is 2. The first kappa shape index (κ1) is 28.6. The quantitative estimate of drug-likeness (QED) is 0.323. The lowest BCUT2D eigenvalue weighted by Crippen LogP contribution is -2.39. The minimum Gasteiger partial charge on any atom is -0.444 e. The minimum atomic E-state index is -3.31. The molecule has 1 N–H and O–H groups in total. The van der Waals surface area contributed by atoms with Gasteiger partial charge in [-0.2, -0.15) is 5.26 Å². The normalized spacial score (nSPS) is 13.0. The van der Waals surface area contributed by atoms with Gasteiger partial charge in [-0.1, -0.05) is 17.9 Å². The summed E-state index contributed by atoms with van der Waals surface area (Å²) in [7, 11) is -3.31. The number of rotatable bonds is 3. The molecule has 1 amide bonds. The summed E-state index contributed by atoms with van der Waals surface area (Å²) < 4.78 is 29.0. The maximum atomic E-state index is 12.5. The topological polar surface area (TPSA) is 125 Å². The van der Waals surface area contributed by atoms with E-state index < -0.39 is 15.4 Å². The highest BCUT2D eigenvalue weighted by molar-refractivity contribution is 7.90. The lowest BCUT2D eigenvalue weighted by molar-refractivity contribution is 0.0224. The number of carbonyl (C=O) groups excluding carboxylic acids is 1. The van der Waals surface area contributed by atoms with Gasteiger partial charge in [-0.15, -0.1) is 0 Å². The Morgan fingerprint density at radius 1 is 1.05 bits per heavy atom. The number of nitrogens with one attached hydrogen (secondary N) is 1. The van der Waals surface area contributed by atoms with Gasteiger partial charge >= 0.3 is 6.09 Å². The average molecular weight is 580 g/mol. The van der Waals surface area contributed by atoms with Crippen LogP contribution in [0.25, 0.3) is 10.9 Å². The molecule has 0 unspecified atom stereocenters. The Kier molecular flexibility index (Phi) is 7.59. The van der Waals surface area contributed by atoms with E-state index in [1.54, 1.807) is 35.4 Å². The van der Waals surface area contributed by atoms with Gasteiger partial charge in [-0.25, -0.2) is 23.2 Å². The fraction of sp³-hybridized carbons (Fsp3) is 0.250. The van der Waals surface area contributed by atoms with E-state index >= 15 is 0 Å². The molecular formula is C32H29N5O4S. The van der Waals surface area contributed by atoms with E-state index in [1.807, 2.05) is 39.0 Å². The zero-order chi connectivity index (χ0) is 30.1. The van der Waals surface area contributed by atoms with Crippen molar-refractivity contribution in [2.75, 3.05) is 18.1 Å². The van der Waals surface area contributed by atoms with Crippen molar-refractivity contribution in [1.82, 2.24) is 14.9 Å². The van der Waals surface area contributed by atoms with Crippen LogP contribution in [0.2, 0.25) is 0 Å². The van der Waals surface area contributed by atoms with Gasteiger partial charge in [0.25, 0.3) is 0 Å². The highest BCUT2D eigenvalue weighted by atomic mass is 32.2. The van der Waals surface area contributed by atoms with Gasteiger partial charge in [0.1, 0.15) is 11.7 Å². The summed E-state index contributed by atoms with van der Waals surface area (Å²) >= 11 is 0.